The molecule has 2 N–H and O–H groups in total. The zero-order valence-electron chi connectivity index (χ0n) is 11.4. The molecule has 0 saturated heterocycles. The number of hydrogen-bond donors (Lipinski definition) is 2. The Labute approximate surface area is 118 Å². The third kappa shape index (κ3) is 3.57. The Kier molecular flexibility index (Phi) is 4.14. The molecule has 1 aromatic rings. The van der Waals surface area contributed by atoms with E-state index < -0.39 is 16.0 Å². The maximum atomic E-state index is 12.1. The van der Waals surface area contributed by atoms with Crippen LogP contribution in [0.15, 0.2) is 17.3 Å². The van der Waals surface area contributed by atoms with E-state index >= 15 is 0 Å². The Bertz CT molecular complexity index is 588. The van der Waals surface area contributed by atoms with Gasteiger partial charge >= 0.3 is 5.97 Å². The lowest BCUT2D eigenvalue weighted by Crippen LogP contribution is -2.34. The van der Waals surface area contributed by atoms with Crippen molar-refractivity contribution in [1.29, 1.82) is 0 Å². The van der Waals surface area contributed by atoms with Crippen LogP contribution in [0.25, 0.3) is 0 Å². The van der Waals surface area contributed by atoms with Crippen LogP contribution in [0.2, 0.25) is 0 Å². The third-order valence-electron chi connectivity index (χ3n) is 3.72. The first-order valence-electron chi connectivity index (χ1n) is 6.55. The number of carboxylic acids is 1. The summed E-state index contributed by atoms with van der Waals surface area (Å²) < 4.78 is 27.9. The van der Waals surface area contributed by atoms with Gasteiger partial charge in [0.15, 0.2) is 0 Å². The first-order chi connectivity index (χ1) is 9.31. The quantitative estimate of drug-likeness (QED) is 0.810. The number of nitrogens with one attached hydrogen (secondary N) is 1. The average molecular weight is 301 g/mol. The average Bonchev–Trinajstić information content (AvgIpc) is 2.97. The highest BCUT2D eigenvalue weighted by Crippen LogP contribution is 2.36. The molecule has 0 aliphatic heterocycles. The van der Waals surface area contributed by atoms with Gasteiger partial charge in [-0.1, -0.05) is 19.8 Å². The molecule has 1 aliphatic carbocycles. The zero-order valence-corrected chi connectivity index (χ0v) is 12.2. The molecular formula is C12H19N3O4S. The van der Waals surface area contributed by atoms with Gasteiger partial charge in [0.25, 0.3) is 0 Å². The van der Waals surface area contributed by atoms with Crippen molar-refractivity contribution in [3.05, 3.63) is 12.4 Å². The van der Waals surface area contributed by atoms with Gasteiger partial charge in [0.05, 0.1) is 6.20 Å². The lowest BCUT2D eigenvalue weighted by molar-refractivity contribution is -0.137. The molecule has 2 rings (SSSR count). The normalized spacial score (nSPS) is 18.2. The number of aliphatic carboxylic acids is 1. The number of carbonyl (C=O) groups is 1. The van der Waals surface area contributed by atoms with E-state index in [4.69, 9.17) is 5.11 Å². The topological polar surface area (TPSA) is 101 Å². The molecule has 7 nitrogen and oxygen atoms in total. The molecule has 0 radical (unpaired) electrons. The second kappa shape index (κ2) is 5.53. The Balaban J connectivity index is 2.02. The third-order valence-corrected chi connectivity index (χ3v) is 5.07. The van der Waals surface area contributed by atoms with Crippen LogP contribution in [0.5, 0.6) is 0 Å². The number of rotatable bonds is 6. The Morgan fingerprint density at radius 3 is 2.75 bits per heavy atom. The van der Waals surface area contributed by atoms with Crippen molar-refractivity contribution < 1.29 is 18.3 Å². The summed E-state index contributed by atoms with van der Waals surface area (Å²) in [7, 11) is -3.63. The van der Waals surface area contributed by atoms with Gasteiger partial charge in [-0.25, -0.2) is 13.1 Å². The number of aromatic nitrogens is 2. The Hall–Kier alpha value is -1.41. The molecule has 0 spiro atoms. The molecule has 0 aromatic carbocycles. The minimum absolute atomic E-state index is 0.000321. The number of sulfonamides is 1. The molecule has 8 heteroatoms. The molecule has 1 saturated carbocycles. The fourth-order valence-corrected chi connectivity index (χ4v) is 3.62. The van der Waals surface area contributed by atoms with Crippen molar-refractivity contribution in [2.75, 3.05) is 6.54 Å². The van der Waals surface area contributed by atoms with E-state index in [1.165, 1.54) is 12.4 Å². The second-order valence-corrected chi connectivity index (χ2v) is 7.38. The van der Waals surface area contributed by atoms with E-state index in [9.17, 15) is 13.2 Å². The predicted molar refractivity (Wildman–Crippen MR) is 71.6 cm³/mol. The largest absolute Gasteiger partial charge is 0.480 e. The summed E-state index contributed by atoms with van der Waals surface area (Å²) in [5.41, 5.74) is 0.0180. The van der Waals surface area contributed by atoms with E-state index in [0.29, 0.717) is 6.54 Å². The van der Waals surface area contributed by atoms with Gasteiger partial charge in [0.1, 0.15) is 11.4 Å². The summed E-state index contributed by atoms with van der Waals surface area (Å²) >= 11 is 0. The van der Waals surface area contributed by atoms with Crippen molar-refractivity contribution in [3.63, 3.8) is 0 Å². The smallest absolute Gasteiger partial charge is 0.325 e. The molecule has 20 heavy (non-hydrogen) atoms. The molecule has 1 aliphatic rings. The Morgan fingerprint density at radius 2 is 2.15 bits per heavy atom. The van der Waals surface area contributed by atoms with E-state index in [0.717, 1.165) is 30.4 Å². The number of nitrogens with zero attached hydrogens (tertiary/aromatic N) is 2. The van der Waals surface area contributed by atoms with Crippen LogP contribution < -0.4 is 4.72 Å². The lowest BCUT2D eigenvalue weighted by Gasteiger charge is -2.23. The van der Waals surface area contributed by atoms with Crippen LogP contribution in [0, 0.1) is 5.41 Å². The van der Waals surface area contributed by atoms with Crippen molar-refractivity contribution in [2.45, 2.75) is 44.0 Å². The monoisotopic (exact) mass is 301 g/mol. The predicted octanol–water partition coefficient (Wildman–Crippen LogP) is 0.826. The molecule has 1 heterocycles. The van der Waals surface area contributed by atoms with Crippen molar-refractivity contribution in [1.82, 2.24) is 14.5 Å². The SMILES string of the molecule is CC1(CNS(=O)(=O)c2cnn(CC(=O)O)c2)CCCC1. The highest BCUT2D eigenvalue weighted by atomic mass is 32.2. The summed E-state index contributed by atoms with van der Waals surface area (Å²) in [5, 5.41) is 12.4. The first-order valence-corrected chi connectivity index (χ1v) is 8.03. The highest BCUT2D eigenvalue weighted by molar-refractivity contribution is 7.89. The standard InChI is InChI=1S/C12H19N3O4S/c1-12(4-2-3-5-12)9-14-20(18,19)10-6-13-15(7-10)8-11(16)17/h6-7,14H,2-5,8-9H2,1H3,(H,16,17). The van der Waals surface area contributed by atoms with Crippen LogP contribution >= 0.6 is 0 Å². The Morgan fingerprint density at radius 1 is 1.50 bits per heavy atom. The zero-order chi connectivity index (χ0) is 14.8. The van der Waals surface area contributed by atoms with Crippen molar-refractivity contribution in [3.8, 4) is 0 Å². The van der Waals surface area contributed by atoms with Gasteiger partial charge in [0, 0.05) is 12.7 Å². The van der Waals surface area contributed by atoms with E-state index in [1.807, 2.05) is 0 Å². The molecule has 0 amide bonds. The fraction of sp³-hybridized carbons (Fsp3) is 0.667. The van der Waals surface area contributed by atoms with Gasteiger partial charge in [-0.15, -0.1) is 0 Å². The number of hydrogen-bond acceptors (Lipinski definition) is 4. The van der Waals surface area contributed by atoms with Gasteiger partial charge < -0.3 is 5.11 Å². The molecule has 1 aromatic heterocycles. The molecule has 0 unspecified atom stereocenters. The van der Waals surface area contributed by atoms with Gasteiger partial charge in [-0.3, -0.25) is 9.48 Å². The van der Waals surface area contributed by atoms with E-state index in [2.05, 4.69) is 16.7 Å². The van der Waals surface area contributed by atoms with E-state index in [-0.39, 0.29) is 16.9 Å². The maximum absolute atomic E-state index is 12.1. The van der Waals surface area contributed by atoms with Crippen LogP contribution in [-0.2, 0) is 21.4 Å². The minimum atomic E-state index is -3.63. The highest BCUT2D eigenvalue weighted by Gasteiger charge is 2.30. The second-order valence-electron chi connectivity index (χ2n) is 5.61. The van der Waals surface area contributed by atoms with Crippen LogP contribution in [0.3, 0.4) is 0 Å². The minimum Gasteiger partial charge on any atom is -0.480 e. The van der Waals surface area contributed by atoms with Crippen LogP contribution in [0.1, 0.15) is 32.6 Å². The maximum Gasteiger partial charge on any atom is 0.325 e. The summed E-state index contributed by atoms with van der Waals surface area (Å²) in [4.78, 5) is 10.5. The molecule has 0 atom stereocenters. The summed E-state index contributed by atoms with van der Waals surface area (Å²) in [6.07, 6.45) is 6.71. The fourth-order valence-electron chi connectivity index (χ4n) is 2.47. The molecule has 112 valence electrons. The molecular weight excluding hydrogens is 282 g/mol. The molecule has 0 bridgehead atoms. The lowest BCUT2D eigenvalue weighted by atomic mass is 9.89. The van der Waals surface area contributed by atoms with Crippen molar-refractivity contribution >= 4 is 16.0 Å². The van der Waals surface area contributed by atoms with Crippen LogP contribution in [0.4, 0.5) is 0 Å². The first kappa shape index (κ1) is 15.0. The summed E-state index contributed by atoms with van der Waals surface area (Å²) in [6.45, 7) is 2.13. The summed E-state index contributed by atoms with van der Waals surface area (Å²) in [5.74, 6) is -1.07. The van der Waals surface area contributed by atoms with E-state index in [1.54, 1.807) is 0 Å². The van der Waals surface area contributed by atoms with Crippen LogP contribution in [-0.4, -0.2) is 35.8 Å². The molecule has 1 fully saturated rings. The van der Waals surface area contributed by atoms with Crippen molar-refractivity contribution in [2.24, 2.45) is 5.41 Å². The van der Waals surface area contributed by atoms with Gasteiger partial charge in [0.2, 0.25) is 10.0 Å². The van der Waals surface area contributed by atoms with Gasteiger partial charge in [-0.2, -0.15) is 5.10 Å². The number of carboxylic acid groups (broad SMARTS) is 1. The van der Waals surface area contributed by atoms with Gasteiger partial charge in [-0.05, 0) is 18.3 Å². The summed E-state index contributed by atoms with van der Waals surface area (Å²) in [6, 6.07) is 0.